The molecule has 15 heteroatoms. The molecular formula is C26H42N6O9. The summed E-state index contributed by atoms with van der Waals surface area (Å²) in [5.41, 5.74) is -0.734. The minimum Gasteiger partial charge on any atom is -0.468 e. The van der Waals surface area contributed by atoms with Crippen LogP contribution in [0, 0.1) is 0 Å². The molecule has 4 unspecified atom stereocenters. The Morgan fingerprint density at radius 2 is 1.24 bits per heavy atom. The maximum absolute atomic E-state index is 12.9. The van der Waals surface area contributed by atoms with E-state index in [0.717, 1.165) is 0 Å². The van der Waals surface area contributed by atoms with Crippen LogP contribution in [0.5, 0.6) is 0 Å². The van der Waals surface area contributed by atoms with Crippen molar-refractivity contribution in [1.29, 1.82) is 0 Å². The predicted molar refractivity (Wildman–Crippen MR) is 144 cm³/mol. The number of methoxy groups -OCH3 is 1. The van der Waals surface area contributed by atoms with Crippen LogP contribution in [0.1, 0.15) is 60.3 Å². The molecule has 2 fully saturated rings. The monoisotopic (exact) mass is 582 g/mol. The summed E-state index contributed by atoms with van der Waals surface area (Å²) in [6, 6.07) is -3.49. The van der Waals surface area contributed by atoms with E-state index in [1.165, 1.54) is 30.8 Å². The number of likely N-dealkylation sites (tertiary alicyclic amines) is 2. The van der Waals surface area contributed by atoms with Crippen LogP contribution in [0.15, 0.2) is 0 Å². The second-order valence-corrected chi connectivity index (χ2v) is 11.0. The molecule has 230 valence electrons. The van der Waals surface area contributed by atoms with E-state index >= 15 is 0 Å². The SMILES string of the molecule is COC(=O)CNC(=O)C1CCCN1C(=O)C(C)NC(=O)CNC(=O)C1CCCN1C(=O)C(C)NC(=O)OC(C)(C)C. The highest BCUT2D eigenvalue weighted by Gasteiger charge is 2.38. The second kappa shape index (κ2) is 14.6. The Labute approximate surface area is 239 Å². The molecule has 15 nitrogen and oxygen atoms in total. The molecule has 2 rings (SSSR count). The van der Waals surface area contributed by atoms with Gasteiger partial charge in [-0.25, -0.2) is 4.79 Å². The van der Waals surface area contributed by atoms with Crippen molar-refractivity contribution < 1.29 is 43.0 Å². The fourth-order valence-electron chi connectivity index (χ4n) is 4.64. The van der Waals surface area contributed by atoms with E-state index in [1.807, 2.05) is 0 Å². The molecular weight excluding hydrogens is 540 g/mol. The molecule has 0 aromatic rings. The van der Waals surface area contributed by atoms with E-state index in [-0.39, 0.29) is 6.54 Å². The third-order valence-electron chi connectivity index (χ3n) is 6.59. The van der Waals surface area contributed by atoms with Gasteiger partial charge in [0.25, 0.3) is 0 Å². The largest absolute Gasteiger partial charge is 0.468 e. The average Bonchev–Trinajstić information content (AvgIpc) is 3.58. The van der Waals surface area contributed by atoms with Gasteiger partial charge in [0.1, 0.15) is 36.3 Å². The van der Waals surface area contributed by atoms with Gasteiger partial charge in [-0.15, -0.1) is 0 Å². The topological polar surface area (TPSA) is 193 Å². The average molecular weight is 583 g/mol. The van der Waals surface area contributed by atoms with Crippen molar-refractivity contribution in [3.05, 3.63) is 0 Å². The first-order chi connectivity index (χ1) is 19.1. The molecule has 2 saturated heterocycles. The van der Waals surface area contributed by atoms with E-state index in [4.69, 9.17) is 4.74 Å². The molecule has 0 saturated carbocycles. The van der Waals surface area contributed by atoms with Crippen molar-refractivity contribution in [3.63, 3.8) is 0 Å². The number of carbonyl (C=O) groups excluding carboxylic acids is 7. The van der Waals surface area contributed by atoms with E-state index in [9.17, 15) is 33.6 Å². The number of hydrogen-bond acceptors (Lipinski definition) is 9. The van der Waals surface area contributed by atoms with Crippen molar-refractivity contribution in [3.8, 4) is 0 Å². The fraction of sp³-hybridized carbons (Fsp3) is 0.731. The van der Waals surface area contributed by atoms with Crippen LogP contribution in [-0.4, -0.2) is 114 Å². The lowest BCUT2D eigenvalue weighted by Gasteiger charge is -2.28. The zero-order valence-corrected chi connectivity index (χ0v) is 24.5. The van der Waals surface area contributed by atoms with Crippen molar-refractivity contribution in [1.82, 2.24) is 31.1 Å². The fourth-order valence-corrected chi connectivity index (χ4v) is 4.64. The summed E-state index contributed by atoms with van der Waals surface area (Å²) < 4.78 is 9.67. The molecule has 6 amide bonds. The summed E-state index contributed by atoms with van der Waals surface area (Å²) in [4.78, 5) is 89.7. The Bertz CT molecular complexity index is 1030. The zero-order chi connectivity index (χ0) is 30.9. The van der Waals surface area contributed by atoms with Gasteiger partial charge in [-0.05, 0) is 60.3 Å². The van der Waals surface area contributed by atoms with Crippen molar-refractivity contribution in [2.75, 3.05) is 33.3 Å². The minimum atomic E-state index is -0.974. The number of amides is 6. The molecule has 4 N–H and O–H groups in total. The van der Waals surface area contributed by atoms with Crippen LogP contribution >= 0.6 is 0 Å². The highest BCUT2D eigenvalue weighted by Crippen LogP contribution is 2.20. The smallest absolute Gasteiger partial charge is 0.408 e. The van der Waals surface area contributed by atoms with Gasteiger partial charge >= 0.3 is 12.1 Å². The van der Waals surface area contributed by atoms with Gasteiger partial charge in [0.2, 0.25) is 29.5 Å². The second-order valence-electron chi connectivity index (χ2n) is 11.0. The normalized spacial score (nSPS) is 20.0. The Morgan fingerprint density at radius 3 is 1.71 bits per heavy atom. The Hall–Kier alpha value is -3.91. The van der Waals surface area contributed by atoms with E-state index < -0.39 is 77.9 Å². The molecule has 2 aliphatic rings. The summed E-state index contributed by atoms with van der Waals surface area (Å²) in [5.74, 6) is -3.18. The predicted octanol–water partition coefficient (Wildman–Crippen LogP) is -1.21. The standard InChI is InChI=1S/C26H42N6O9/c1-15(23(37)31-11-8-10-18(31)22(36)28-14-20(34)40-6)29-19(33)13-27-21(35)17-9-7-12-32(17)24(38)16(2)30-25(39)41-26(3,4)5/h15-18H,7-14H2,1-6H3,(H,27,35)(H,28,36)(H,29,33)(H,30,39). The molecule has 2 heterocycles. The number of ether oxygens (including phenoxy) is 2. The van der Waals surface area contributed by atoms with Crippen LogP contribution in [0.4, 0.5) is 4.79 Å². The first kappa shape index (κ1) is 33.3. The van der Waals surface area contributed by atoms with Crippen LogP contribution in [0.3, 0.4) is 0 Å². The van der Waals surface area contributed by atoms with Crippen LogP contribution in [0.2, 0.25) is 0 Å². The minimum absolute atomic E-state index is 0.316. The number of nitrogens with zero attached hydrogens (tertiary/aromatic N) is 2. The molecule has 0 aromatic carbocycles. The number of esters is 1. The Balaban J connectivity index is 1.85. The molecule has 0 aliphatic carbocycles. The summed E-state index contributed by atoms with van der Waals surface area (Å²) in [6.45, 7) is 7.96. The van der Waals surface area contributed by atoms with E-state index in [2.05, 4.69) is 26.0 Å². The first-order valence-corrected chi connectivity index (χ1v) is 13.7. The number of alkyl carbamates (subject to hydrolysis) is 1. The summed E-state index contributed by atoms with van der Waals surface area (Å²) in [7, 11) is 1.20. The van der Waals surface area contributed by atoms with Crippen molar-refractivity contribution in [2.24, 2.45) is 0 Å². The zero-order valence-electron chi connectivity index (χ0n) is 24.5. The van der Waals surface area contributed by atoms with Crippen LogP contribution < -0.4 is 21.3 Å². The van der Waals surface area contributed by atoms with Gasteiger partial charge in [-0.3, -0.25) is 28.8 Å². The van der Waals surface area contributed by atoms with Gasteiger partial charge in [0.15, 0.2) is 0 Å². The molecule has 0 radical (unpaired) electrons. The third kappa shape index (κ3) is 9.90. The number of rotatable bonds is 10. The van der Waals surface area contributed by atoms with Gasteiger partial charge in [0.05, 0.1) is 13.7 Å². The van der Waals surface area contributed by atoms with E-state index in [1.54, 1.807) is 20.8 Å². The van der Waals surface area contributed by atoms with Crippen molar-refractivity contribution >= 4 is 41.6 Å². The number of nitrogens with one attached hydrogen (secondary N) is 4. The molecule has 0 aromatic heterocycles. The molecule has 0 spiro atoms. The maximum Gasteiger partial charge on any atom is 0.408 e. The quantitative estimate of drug-likeness (QED) is 0.229. The molecule has 41 heavy (non-hydrogen) atoms. The van der Waals surface area contributed by atoms with Gasteiger partial charge in [-0.2, -0.15) is 0 Å². The highest BCUT2D eigenvalue weighted by atomic mass is 16.6. The first-order valence-electron chi connectivity index (χ1n) is 13.7. The van der Waals surface area contributed by atoms with Crippen molar-refractivity contribution in [2.45, 2.75) is 90.1 Å². The molecule has 2 aliphatic heterocycles. The summed E-state index contributed by atoms with van der Waals surface area (Å²) in [6.07, 6.45) is 1.22. The summed E-state index contributed by atoms with van der Waals surface area (Å²) >= 11 is 0. The van der Waals surface area contributed by atoms with Gasteiger partial charge < -0.3 is 40.5 Å². The summed E-state index contributed by atoms with van der Waals surface area (Å²) in [5, 5.41) is 9.94. The van der Waals surface area contributed by atoms with Crippen LogP contribution in [0.25, 0.3) is 0 Å². The lowest BCUT2D eigenvalue weighted by atomic mass is 10.2. The number of hydrogen-bond donors (Lipinski definition) is 4. The highest BCUT2D eigenvalue weighted by molar-refractivity contribution is 5.95. The lowest BCUT2D eigenvalue weighted by Crippen LogP contribution is -2.55. The molecule has 0 bridgehead atoms. The molecule has 4 atom stereocenters. The Morgan fingerprint density at radius 1 is 0.780 bits per heavy atom. The van der Waals surface area contributed by atoms with Crippen LogP contribution in [-0.2, 0) is 38.2 Å². The lowest BCUT2D eigenvalue weighted by molar-refractivity contribution is -0.143. The maximum atomic E-state index is 12.9. The Kier molecular flexibility index (Phi) is 11.9. The van der Waals surface area contributed by atoms with E-state index in [0.29, 0.717) is 38.8 Å². The van der Waals surface area contributed by atoms with Gasteiger partial charge in [-0.1, -0.05) is 0 Å². The number of carbonyl (C=O) groups is 7. The van der Waals surface area contributed by atoms with Gasteiger partial charge in [0, 0.05) is 13.1 Å². The third-order valence-corrected chi connectivity index (χ3v) is 6.59.